The number of rotatable bonds is 7. The maximum Gasteiger partial charge on any atom is 0.305 e. The summed E-state index contributed by atoms with van der Waals surface area (Å²) >= 11 is 0. The zero-order valence-corrected chi connectivity index (χ0v) is 8.00. The lowest BCUT2D eigenvalue weighted by atomic mass is 10.5. The summed E-state index contributed by atoms with van der Waals surface area (Å²) in [6.07, 6.45) is 0.909. The summed E-state index contributed by atoms with van der Waals surface area (Å²) in [5.41, 5.74) is 0. The van der Waals surface area contributed by atoms with Crippen LogP contribution in [0, 0.1) is 0 Å². The second-order valence-electron chi connectivity index (χ2n) is 2.40. The van der Waals surface area contributed by atoms with Gasteiger partial charge in [-0.25, -0.2) is 0 Å². The maximum atomic E-state index is 9.48. The summed E-state index contributed by atoms with van der Waals surface area (Å²) in [5.74, 6) is -1.58. The smallest absolute Gasteiger partial charge is 0.305 e. The second-order valence-corrected chi connectivity index (χ2v) is 2.40. The molecule has 0 saturated heterocycles. The maximum absolute atomic E-state index is 9.48. The highest BCUT2D eigenvalue weighted by atomic mass is 16.8. The van der Waals surface area contributed by atoms with Crippen molar-refractivity contribution in [2.24, 2.45) is 0 Å². The van der Waals surface area contributed by atoms with E-state index in [0.29, 0.717) is 13.2 Å². The topological polar surface area (TPSA) is 47.9 Å². The van der Waals surface area contributed by atoms with Gasteiger partial charge in [0.15, 0.2) is 0 Å². The van der Waals surface area contributed by atoms with Gasteiger partial charge in [-0.1, -0.05) is 6.92 Å². The van der Waals surface area contributed by atoms with E-state index in [1.54, 1.807) is 6.92 Å². The van der Waals surface area contributed by atoms with Gasteiger partial charge < -0.3 is 19.3 Å². The molecule has 0 bridgehead atoms. The van der Waals surface area contributed by atoms with Crippen LogP contribution < -0.4 is 0 Å². The fourth-order valence-corrected chi connectivity index (χ4v) is 0.731. The first-order chi connectivity index (χ1) is 5.68. The molecule has 4 heteroatoms. The minimum Gasteiger partial charge on any atom is -0.373 e. The fraction of sp³-hybridized carbons (Fsp3) is 1.00. The standard InChI is InChI=1S/C8H18O4/c1-4-6-11-7-8(9,10-3)12-5-2/h9H,4-7H2,1-3H3. The quantitative estimate of drug-likeness (QED) is 0.461. The van der Waals surface area contributed by atoms with E-state index in [-0.39, 0.29) is 6.61 Å². The number of aliphatic hydroxyl groups is 1. The largest absolute Gasteiger partial charge is 0.373 e. The van der Waals surface area contributed by atoms with Crippen LogP contribution in [-0.2, 0) is 14.2 Å². The average Bonchev–Trinajstić information content (AvgIpc) is 2.06. The van der Waals surface area contributed by atoms with Crippen molar-refractivity contribution in [3.8, 4) is 0 Å². The molecule has 4 nitrogen and oxygen atoms in total. The molecule has 0 aliphatic rings. The molecule has 0 aromatic carbocycles. The number of hydrogen-bond acceptors (Lipinski definition) is 4. The van der Waals surface area contributed by atoms with Crippen LogP contribution in [0.2, 0.25) is 0 Å². The number of hydrogen-bond donors (Lipinski definition) is 1. The van der Waals surface area contributed by atoms with Crippen LogP contribution in [0.25, 0.3) is 0 Å². The normalized spacial score (nSPS) is 16.0. The Morgan fingerprint density at radius 1 is 1.33 bits per heavy atom. The molecular formula is C8H18O4. The molecule has 0 amide bonds. The van der Waals surface area contributed by atoms with Crippen LogP contribution >= 0.6 is 0 Å². The second kappa shape index (κ2) is 6.37. The van der Waals surface area contributed by atoms with Crippen molar-refractivity contribution in [1.82, 2.24) is 0 Å². The van der Waals surface area contributed by atoms with Gasteiger partial charge in [0.1, 0.15) is 6.61 Å². The van der Waals surface area contributed by atoms with E-state index in [0.717, 1.165) is 6.42 Å². The minimum absolute atomic E-state index is 0.0468. The van der Waals surface area contributed by atoms with E-state index < -0.39 is 5.97 Å². The highest BCUT2D eigenvalue weighted by molar-refractivity contribution is 4.50. The Morgan fingerprint density at radius 3 is 2.42 bits per heavy atom. The average molecular weight is 178 g/mol. The van der Waals surface area contributed by atoms with Crippen LogP contribution in [0.15, 0.2) is 0 Å². The van der Waals surface area contributed by atoms with Crippen molar-refractivity contribution >= 4 is 0 Å². The third-order valence-corrected chi connectivity index (χ3v) is 1.32. The van der Waals surface area contributed by atoms with E-state index >= 15 is 0 Å². The van der Waals surface area contributed by atoms with Crippen LogP contribution in [0.3, 0.4) is 0 Å². The Balaban J connectivity index is 3.63. The summed E-state index contributed by atoms with van der Waals surface area (Å²) in [5, 5.41) is 9.48. The van der Waals surface area contributed by atoms with Gasteiger partial charge in [0.05, 0.1) is 0 Å². The Kier molecular flexibility index (Phi) is 6.28. The highest BCUT2D eigenvalue weighted by Crippen LogP contribution is 2.07. The van der Waals surface area contributed by atoms with Gasteiger partial charge in [0.25, 0.3) is 0 Å². The molecular weight excluding hydrogens is 160 g/mol. The molecule has 0 aromatic rings. The molecule has 0 aromatic heterocycles. The Hall–Kier alpha value is -0.160. The molecule has 0 fully saturated rings. The van der Waals surface area contributed by atoms with Gasteiger partial charge in [-0.15, -0.1) is 0 Å². The van der Waals surface area contributed by atoms with Crippen LogP contribution in [0.4, 0.5) is 0 Å². The van der Waals surface area contributed by atoms with Crippen molar-refractivity contribution in [3.05, 3.63) is 0 Å². The van der Waals surface area contributed by atoms with E-state index in [2.05, 4.69) is 0 Å². The predicted molar refractivity (Wildman–Crippen MR) is 44.7 cm³/mol. The third-order valence-electron chi connectivity index (χ3n) is 1.32. The molecule has 0 rings (SSSR count). The summed E-state index contributed by atoms with van der Waals surface area (Å²) in [7, 11) is 1.38. The zero-order valence-electron chi connectivity index (χ0n) is 8.00. The van der Waals surface area contributed by atoms with Gasteiger partial charge >= 0.3 is 5.97 Å². The summed E-state index contributed by atoms with van der Waals surface area (Å²) in [6.45, 7) is 4.81. The van der Waals surface area contributed by atoms with E-state index in [1.807, 2.05) is 6.92 Å². The molecule has 12 heavy (non-hydrogen) atoms. The first-order valence-electron chi connectivity index (χ1n) is 4.17. The minimum atomic E-state index is -1.58. The first-order valence-corrected chi connectivity index (χ1v) is 4.17. The lowest BCUT2D eigenvalue weighted by Crippen LogP contribution is -2.39. The Labute approximate surface area is 73.4 Å². The Morgan fingerprint density at radius 2 is 2.00 bits per heavy atom. The summed E-state index contributed by atoms with van der Waals surface area (Å²) in [4.78, 5) is 0. The van der Waals surface area contributed by atoms with Gasteiger partial charge in [-0.2, -0.15) is 0 Å². The summed E-state index contributed by atoms with van der Waals surface area (Å²) < 4.78 is 14.8. The van der Waals surface area contributed by atoms with E-state index in [9.17, 15) is 5.11 Å². The molecule has 0 heterocycles. The van der Waals surface area contributed by atoms with Crippen molar-refractivity contribution in [2.45, 2.75) is 26.2 Å². The molecule has 1 N–H and O–H groups in total. The number of methoxy groups -OCH3 is 1. The van der Waals surface area contributed by atoms with E-state index in [4.69, 9.17) is 14.2 Å². The molecule has 0 aliphatic heterocycles. The van der Waals surface area contributed by atoms with E-state index in [1.165, 1.54) is 7.11 Å². The highest BCUT2D eigenvalue weighted by Gasteiger charge is 2.26. The molecule has 74 valence electrons. The Bertz CT molecular complexity index is 107. The zero-order chi connectivity index (χ0) is 9.45. The number of ether oxygens (including phenoxy) is 3. The molecule has 0 radical (unpaired) electrons. The molecule has 0 aliphatic carbocycles. The molecule has 1 atom stereocenters. The summed E-state index contributed by atoms with van der Waals surface area (Å²) in [6, 6.07) is 0. The lowest BCUT2D eigenvalue weighted by Gasteiger charge is -2.25. The van der Waals surface area contributed by atoms with Crippen LogP contribution in [0.1, 0.15) is 20.3 Å². The van der Waals surface area contributed by atoms with Crippen LogP contribution in [0.5, 0.6) is 0 Å². The lowest BCUT2D eigenvalue weighted by molar-refractivity contribution is -0.365. The van der Waals surface area contributed by atoms with Crippen molar-refractivity contribution < 1.29 is 19.3 Å². The fourth-order valence-electron chi connectivity index (χ4n) is 0.731. The van der Waals surface area contributed by atoms with Gasteiger partial charge in [-0.3, -0.25) is 0 Å². The van der Waals surface area contributed by atoms with Gasteiger partial charge in [0.2, 0.25) is 0 Å². The molecule has 1 unspecified atom stereocenters. The first kappa shape index (κ1) is 11.8. The molecule has 0 spiro atoms. The van der Waals surface area contributed by atoms with Gasteiger partial charge in [-0.05, 0) is 13.3 Å². The van der Waals surface area contributed by atoms with Gasteiger partial charge in [0, 0.05) is 20.3 Å². The monoisotopic (exact) mass is 178 g/mol. The predicted octanol–water partition coefficient (Wildman–Crippen LogP) is 0.742. The molecule has 0 saturated carbocycles. The van der Waals surface area contributed by atoms with Crippen LogP contribution in [-0.4, -0.2) is 38.0 Å². The van der Waals surface area contributed by atoms with Crippen molar-refractivity contribution in [1.29, 1.82) is 0 Å². The SMILES string of the molecule is CCCOCC(O)(OC)OCC. The van der Waals surface area contributed by atoms with Crippen molar-refractivity contribution in [2.75, 3.05) is 26.9 Å². The van der Waals surface area contributed by atoms with Crippen molar-refractivity contribution in [3.63, 3.8) is 0 Å². The third kappa shape index (κ3) is 4.66.